The third-order valence-corrected chi connectivity index (χ3v) is 6.08. The maximum absolute atomic E-state index is 14.5. The maximum Gasteiger partial charge on any atom is 0.272 e. The second-order valence-corrected chi connectivity index (χ2v) is 8.51. The van der Waals surface area contributed by atoms with Crippen molar-refractivity contribution in [2.24, 2.45) is 0 Å². The highest BCUT2D eigenvalue weighted by atomic mass is 19.1. The summed E-state index contributed by atoms with van der Waals surface area (Å²) < 4.78 is 36.5. The minimum atomic E-state index is -1.22. The summed E-state index contributed by atoms with van der Waals surface area (Å²) >= 11 is 0. The van der Waals surface area contributed by atoms with Crippen LogP contribution in [-0.2, 0) is 9.53 Å². The highest BCUT2D eigenvalue weighted by molar-refractivity contribution is 6.16. The van der Waals surface area contributed by atoms with Gasteiger partial charge in [-0.15, -0.1) is 0 Å². The molecule has 3 aliphatic heterocycles. The third-order valence-electron chi connectivity index (χ3n) is 6.08. The van der Waals surface area contributed by atoms with E-state index in [1.807, 2.05) is 0 Å². The third kappa shape index (κ3) is 4.58. The van der Waals surface area contributed by atoms with Crippen molar-refractivity contribution in [2.75, 3.05) is 50.2 Å². The Morgan fingerprint density at radius 3 is 2.49 bits per heavy atom. The number of Topliss-reactive ketones (excluding diaryl/α,β-unsaturated/α-hetero) is 1. The molecule has 0 aliphatic carbocycles. The summed E-state index contributed by atoms with van der Waals surface area (Å²) in [4.78, 5) is 35.5. The monoisotopic (exact) mass is 507 g/mol. The number of aromatic nitrogens is 2. The summed E-state index contributed by atoms with van der Waals surface area (Å²) in [7, 11) is 0. The highest BCUT2D eigenvalue weighted by Crippen LogP contribution is 2.35. The summed E-state index contributed by atoms with van der Waals surface area (Å²) in [6.45, 7) is 2.59. The summed E-state index contributed by atoms with van der Waals surface area (Å²) in [5.41, 5.74) is 1.31. The number of anilines is 4. The molecular formula is C25H22FN5O6. The van der Waals surface area contributed by atoms with Gasteiger partial charge >= 0.3 is 0 Å². The summed E-state index contributed by atoms with van der Waals surface area (Å²) in [5.74, 6) is 0.0999. The molecule has 1 fully saturated rings. The van der Waals surface area contributed by atoms with Crippen LogP contribution >= 0.6 is 0 Å². The molecule has 1 unspecified atom stereocenters. The van der Waals surface area contributed by atoms with E-state index in [-0.39, 0.29) is 23.2 Å². The van der Waals surface area contributed by atoms with Gasteiger partial charge in [0.15, 0.2) is 23.1 Å². The average Bonchev–Trinajstić information content (AvgIpc) is 3.26. The molecule has 1 amide bonds. The molecule has 6 rings (SSSR count). The molecule has 1 aromatic heterocycles. The minimum absolute atomic E-state index is 0.0501. The normalized spacial score (nSPS) is 18.1. The van der Waals surface area contributed by atoms with Crippen LogP contribution in [0.3, 0.4) is 0 Å². The van der Waals surface area contributed by atoms with Crippen LogP contribution in [0.2, 0.25) is 0 Å². The zero-order valence-electron chi connectivity index (χ0n) is 19.5. The van der Waals surface area contributed by atoms with Crippen molar-refractivity contribution in [1.82, 2.24) is 14.9 Å². The number of nitrogens with zero attached hydrogens (tertiary/aromatic N) is 3. The van der Waals surface area contributed by atoms with E-state index in [4.69, 9.17) is 18.9 Å². The fourth-order valence-corrected chi connectivity index (χ4v) is 4.24. The zero-order valence-corrected chi connectivity index (χ0v) is 19.5. The lowest BCUT2D eigenvalue weighted by Crippen LogP contribution is -2.48. The van der Waals surface area contributed by atoms with E-state index in [0.29, 0.717) is 68.1 Å². The first-order valence-electron chi connectivity index (χ1n) is 11.7. The Hall–Kier alpha value is -4.45. The van der Waals surface area contributed by atoms with Gasteiger partial charge in [0.2, 0.25) is 17.8 Å². The van der Waals surface area contributed by atoms with Crippen molar-refractivity contribution >= 4 is 34.8 Å². The number of ketones is 1. The molecule has 0 saturated carbocycles. The van der Waals surface area contributed by atoms with Gasteiger partial charge in [-0.05, 0) is 30.3 Å². The van der Waals surface area contributed by atoms with Gasteiger partial charge in [-0.2, -0.15) is 4.98 Å². The smallest absolute Gasteiger partial charge is 0.272 e. The summed E-state index contributed by atoms with van der Waals surface area (Å²) in [6.07, 6.45) is -0.179. The molecule has 0 spiro atoms. The first-order chi connectivity index (χ1) is 18.0. The first kappa shape index (κ1) is 23.0. The van der Waals surface area contributed by atoms with Gasteiger partial charge in [-0.3, -0.25) is 9.59 Å². The largest absolute Gasteiger partial charge is 0.486 e. The van der Waals surface area contributed by atoms with Crippen molar-refractivity contribution in [3.05, 3.63) is 54.0 Å². The molecule has 4 heterocycles. The summed E-state index contributed by atoms with van der Waals surface area (Å²) in [6, 6.07) is 9.97. The molecule has 11 nitrogen and oxygen atoms in total. The number of hydrogen-bond acceptors (Lipinski definition) is 10. The van der Waals surface area contributed by atoms with E-state index in [1.54, 1.807) is 41.3 Å². The molecule has 0 radical (unpaired) electrons. The molecule has 12 heteroatoms. The van der Waals surface area contributed by atoms with Crippen LogP contribution in [0.15, 0.2) is 42.6 Å². The number of hydrogen-bond donors (Lipinski definition) is 2. The number of carbonyl (C=O) groups is 2. The lowest BCUT2D eigenvalue weighted by molar-refractivity contribution is -0.140. The Labute approximate surface area is 210 Å². The van der Waals surface area contributed by atoms with Crippen LogP contribution in [0, 0.1) is 5.82 Å². The second kappa shape index (κ2) is 9.54. The lowest BCUT2D eigenvalue weighted by atomic mass is 10.1. The van der Waals surface area contributed by atoms with Gasteiger partial charge in [0.05, 0.1) is 25.0 Å². The topological polar surface area (TPSA) is 124 Å². The number of benzene rings is 2. The van der Waals surface area contributed by atoms with Crippen LogP contribution in [0.5, 0.6) is 17.2 Å². The van der Waals surface area contributed by atoms with Crippen LogP contribution < -0.4 is 24.8 Å². The van der Waals surface area contributed by atoms with E-state index in [1.165, 1.54) is 0 Å². The molecule has 1 saturated heterocycles. The number of ether oxygens (including phenoxy) is 4. The SMILES string of the molecule is O=C1c2cc(Nc3ncc(F)c(Nc4ccc5c(c4)OCCO5)n3)ccc2OC1C(=O)N1CCOCC1. The van der Waals surface area contributed by atoms with Gasteiger partial charge in [0.25, 0.3) is 5.91 Å². The number of carbonyl (C=O) groups excluding carboxylic acids is 2. The predicted molar refractivity (Wildman–Crippen MR) is 129 cm³/mol. The maximum atomic E-state index is 14.5. The molecule has 2 aromatic carbocycles. The average molecular weight is 507 g/mol. The van der Waals surface area contributed by atoms with Crippen molar-refractivity contribution in [1.29, 1.82) is 0 Å². The number of rotatable bonds is 5. The Morgan fingerprint density at radius 2 is 1.68 bits per heavy atom. The quantitative estimate of drug-likeness (QED) is 0.498. The van der Waals surface area contributed by atoms with E-state index < -0.39 is 17.7 Å². The second-order valence-electron chi connectivity index (χ2n) is 8.51. The van der Waals surface area contributed by atoms with Crippen molar-refractivity contribution in [3.8, 4) is 17.2 Å². The number of fused-ring (bicyclic) bond motifs is 2. The van der Waals surface area contributed by atoms with Crippen molar-refractivity contribution in [2.45, 2.75) is 6.10 Å². The Kier molecular flexibility index (Phi) is 5.93. The number of morpholine rings is 1. The van der Waals surface area contributed by atoms with E-state index in [0.717, 1.165) is 6.20 Å². The molecular weight excluding hydrogens is 485 g/mol. The minimum Gasteiger partial charge on any atom is -0.486 e. The molecule has 1 atom stereocenters. The molecule has 37 heavy (non-hydrogen) atoms. The standard InChI is InChI=1S/C25H22FN5O6/c26-17-13-27-25(30-23(17)28-15-2-4-19-20(12-15)36-10-9-35-19)29-14-1-3-18-16(11-14)21(32)22(37-18)24(33)31-5-7-34-8-6-31/h1-4,11-13,22H,5-10H2,(H2,27,28,29,30). The Morgan fingerprint density at radius 1 is 0.946 bits per heavy atom. The van der Waals surface area contributed by atoms with E-state index >= 15 is 0 Å². The van der Waals surface area contributed by atoms with Crippen molar-refractivity contribution in [3.63, 3.8) is 0 Å². The van der Waals surface area contributed by atoms with Gasteiger partial charge in [-0.25, -0.2) is 9.37 Å². The highest BCUT2D eigenvalue weighted by Gasteiger charge is 2.40. The van der Waals surface area contributed by atoms with Crippen molar-refractivity contribution < 1.29 is 32.9 Å². The Balaban J connectivity index is 1.17. The Bertz CT molecular complexity index is 1380. The number of halogens is 1. The molecule has 0 bridgehead atoms. The number of nitrogens with one attached hydrogen (secondary N) is 2. The van der Waals surface area contributed by atoms with Gasteiger partial charge < -0.3 is 34.5 Å². The van der Waals surface area contributed by atoms with Crippen LogP contribution in [0.25, 0.3) is 0 Å². The first-order valence-corrected chi connectivity index (χ1v) is 11.7. The fraction of sp³-hybridized carbons (Fsp3) is 0.280. The predicted octanol–water partition coefficient (Wildman–Crippen LogP) is 2.68. The molecule has 3 aromatic rings. The zero-order chi connectivity index (χ0) is 25.4. The van der Waals surface area contributed by atoms with Crippen LogP contribution in [0.1, 0.15) is 10.4 Å². The van der Waals surface area contributed by atoms with Crippen LogP contribution in [0.4, 0.5) is 27.5 Å². The van der Waals surface area contributed by atoms with Crippen LogP contribution in [-0.4, -0.2) is 72.2 Å². The van der Waals surface area contributed by atoms with Gasteiger partial charge in [-0.1, -0.05) is 0 Å². The van der Waals surface area contributed by atoms with E-state index in [2.05, 4.69) is 20.6 Å². The fourth-order valence-electron chi connectivity index (χ4n) is 4.24. The summed E-state index contributed by atoms with van der Waals surface area (Å²) in [5, 5.41) is 5.89. The van der Waals surface area contributed by atoms with Gasteiger partial charge in [0, 0.05) is 30.5 Å². The number of amides is 1. The molecule has 190 valence electrons. The lowest BCUT2D eigenvalue weighted by Gasteiger charge is -2.28. The molecule has 3 aliphatic rings. The molecule has 2 N–H and O–H groups in total. The van der Waals surface area contributed by atoms with Gasteiger partial charge in [0.1, 0.15) is 19.0 Å². The van der Waals surface area contributed by atoms with E-state index in [9.17, 15) is 14.0 Å².